The highest BCUT2D eigenvalue weighted by Crippen LogP contribution is 2.24. The Morgan fingerprint density at radius 1 is 1.35 bits per heavy atom. The van der Waals surface area contributed by atoms with Gasteiger partial charge in [-0.25, -0.2) is 18.3 Å². The number of nitrogens with two attached hydrogens (primary N) is 1. The van der Waals surface area contributed by atoms with E-state index >= 15 is 0 Å². The first kappa shape index (κ1) is 16.0. The molecule has 0 heterocycles. The lowest BCUT2D eigenvalue weighted by molar-refractivity contribution is 0.121. The van der Waals surface area contributed by atoms with Crippen molar-refractivity contribution in [2.45, 2.75) is 20.0 Å². The van der Waals surface area contributed by atoms with Crippen molar-refractivity contribution in [3.8, 4) is 0 Å². The maximum atomic E-state index is 13.4. The SMILES string of the molecule is CC(C)OC(=O)NS(=O)(=O)Nc1c(N)cc(F)cc1F. The molecule has 1 aromatic rings. The summed E-state index contributed by atoms with van der Waals surface area (Å²) >= 11 is 0. The molecule has 0 bridgehead atoms. The van der Waals surface area contributed by atoms with Gasteiger partial charge in [0.15, 0.2) is 5.82 Å². The molecule has 0 aromatic heterocycles. The number of carbonyl (C=O) groups is 1. The van der Waals surface area contributed by atoms with Crippen molar-refractivity contribution in [2.24, 2.45) is 0 Å². The maximum absolute atomic E-state index is 13.4. The van der Waals surface area contributed by atoms with E-state index in [-0.39, 0.29) is 0 Å². The topological polar surface area (TPSA) is 111 Å². The van der Waals surface area contributed by atoms with Gasteiger partial charge in [-0.3, -0.25) is 4.72 Å². The number of benzene rings is 1. The average molecular weight is 309 g/mol. The summed E-state index contributed by atoms with van der Waals surface area (Å²) in [6.07, 6.45) is -1.79. The predicted molar refractivity (Wildman–Crippen MR) is 68.1 cm³/mol. The van der Waals surface area contributed by atoms with E-state index in [9.17, 15) is 22.0 Å². The molecule has 0 atom stereocenters. The van der Waals surface area contributed by atoms with E-state index in [2.05, 4.69) is 4.74 Å². The number of nitrogen functional groups attached to an aromatic ring is 1. The summed E-state index contributed by atoms with van der Waals surface area (Å²) in [7, 11) is -4.45. The smallest absolute Gasteiger partial charge is 0.422 e. The summed E-state index contributed by atoms with van der Waals surface area (Å²) in [5.41, 5.74) is 4.15. The fourth-order valence-electron chi connectivity index (χ4n) is 1.21. The van der Waals surface area contributed by atoms with Gasteiger partial charge < -0.3 is 10.5 Å². The van der Waals surface area contributed by atoms with Crippen LogP contribution in [0.3, 0.4) is 0 Å². The molecule has 4 N–H and O–H groups in total. The second-order valence-electron chi connectivity index (χ2n) is 4.01. The molecule has 0 saturated carbocycles. The summed E-state index contributed by atoms with van der Waals surface area (Å²) in [6, 6.07) is 1.17. The van der Waals surface area contributed by atoms with Gasteiger partial charge in [0.25, 0.3) is 0 Å². The highest BCUT2D eigenvalue weighted by Gasteiger charge is 2.20. The van der Waals surface area contributed by atoms with Crippen LogP contribution in [0.5, 0.6) is 0 Å². The summed E-state index contributed by atoms with van der Waals surface area (Å²) < 4.78 is 57.0. The third-order valence-corrected chi connectivity index (χ3v) is 2.79. The fourth-order valence-corrected chi connectivity index (χ4v) is 2.01. The number of hydrogen-bond acceptors (Lipinski definition) is 5. The second-order valence-corrected chi connectivity index (χ2v) is 5.43. The molecule has 0 fully saturated rings. The van der Waals surface area contributed by atoms with Gasteiger partial charge in [0.2, 0.25) is 0 Å². The van der Waals surface area contributed by atoms with E-state index in [0.717, 1.165) is 6.07 Å². The zero-order chi connectivity index (χ0) is 15.5. The largest absolute Gasteiger partial charge is 0.446 e. The van der Waals surface area contributed by atoms with Gasteiger partial charge in [0.1, 0.15) is 11.5 Å². The molecule has 1 amide bonds. The van der Waals surface area contributed by atoms with Crippen LogP contribution in [0.15, 0.2) is 12.1 Å². The Balaban J connectivity index is 2.90. The van der Waals surface area contributed by atoms with Gasteiger partial charge in [-0.2, -0.15) is 8.42 Å². The van der Waals surface area contributed by atoms with E-state index in [4.69, 9.17) is 5.73 Å². The molecule has 0 unspecified atom stereocenters. The molecule has 1 rings (SSSR count). The number of hydrogen-bond donors (Lipinski definition) is 3. The van der Waals surface area contributed by atoms with Gasteiger partial charge in [0, 0.05) is 6.07 Å². The number of ether oxygens (including phenoxy) is 1. The molecule has 0 aliphatic heterocycles. The molecule has 0 saturated heterocycles. The third kappa shape index (κ3) is 4.53. The van der Waals surface area contributed by atoms with Crippen molar-refractivity contribution >= 4 is 27.7 Å². The van der Waals surface area contributed by atoms with Gasteiger partial charge >= 0.3 is 16.3 Å². The van der Waals surface area contributed by atoms with Crippen molar-refractivity contribution < 1.29 is 26.7 Å². The van der Waals surface area contributed by atoms with E-state index in [0.29, 0.717) is 6.07 Å². The molecule has 0 aliphatic carbocycles. The zero-order valence-corrected chi connectivity index (χ0v) is 11.4. The Hall–Kier alpha value is -2.10. The minimum Gasteiger partial charge on any atom is -0.446 e. The third-order valence-electron chi connectivity index (χ3n) is 1.88. The number of nitrogens with one attached hydrogen (secondary N) is 2. The van der Waals surface area contributed by atoms with Crippen molar-refractivity contribution in [3.05, 3.63) is 23.8 Å². The van der Waals surface area contributed by atoms with Crippen LogP contribution >= 0.6 is 0 Å². The van der Waals surface area contributed by atoms with E-state index in [1.54, 1.807) is 4.72 Å². The van der Waals surface area contributed by atoms with Crippen LogP contribution in [0.2, 0.25) is 0 Å². The summed E-state index contributed by atoms with van der Waals surface area (Å²) in [6.45, 7) is 3.02. The van der Waals surface area contributed by atoms with Gasteiger partial charge in [-0.15, -0.1) is 0 Å². The van der Waals surface area contributed by atoms with E-state index < -0.39 is 45.4 Å². The highest BCUT2D eigenvalue weighted by atomic mass is 32.2. The van der Waals surface area contributed by atoms with Crippen molar-refractivity contribution in [1.82, 2.24) is 4.72 Å². The lowest BCUT2D eigenvalue weighted by atomic mass is 10.2. The van der Waals surface area contributed by atoms with Crippen LogP contribution in [-0.4, -0.2) is 20.6 Å². The van der Waals surface area contributed by atoms with E-state index in [1.165, 1.54) is 18.6 Å². The molecule has 1 aromatic carbocycles. The molecule has 10 heteroatoms. The number of carbonyl (C=O) groups excluding carboxylic acids is 1. The number of halogens is 2. The predicted octanol–water partition coefficient (Wildman–Crippen LogP) is 1.34. The molecular formula is C10H13F2N3O4S. The van der Waals surface area contributed by atoms with E-state index in [1.807, 2.05) is 0 Å². The number of rotatable bonds is 4. The number of amides is 1. The molecule has 0 spiro atoms. The van der Waals surface area contributed by atoms with Crippen LogP contribution < -0.4 is 15.2 Å². The average Bonchev–Trinajstić information content (AvgIpc) is 2.21. The Morgan fingerprint density at radius 2 is 1.95 bits per heavy atom. The quantitative estimate of drug-likeness (QED) is 0.727. The summed E-state index contributed by atoms with van der Waals surface area (Å²) in [5, 5.41) is 0. The normalized spacial score (nSPS) is 11.2. The molecule has 0 radical (unpaired) electrons. The van der Waals surface area contributed by atoms with Crippen molar-refractivity contribution in [1.29, 1.82) is 0 Å². The Bertz CT molecular complexity index is 596. The summed E-state index contributed by atoms with van der Waals surface area (Å²) in [5.74, 6) is -2.18. The van der Waals surface area contributed by atoms with Crippen molar-refractivity contribution in [3.63, 3.8) is 0 Å². The molecule has 20 heavy (non-hydrogen) atoms. The lowest BCUT2D eigenvalue weighted by Crippen LogP contribution is -2.37. The Kier molecular flexibility index (Phi) is 4.71. The zero-order valence-electron chi connectivity index (χ0n) is 10.6. The molecular weight excluding hydrogens is 296 g/mol. The van der Waals surface area contributed by atoms with Crippen LogP contribution in [-0.2, 0) is 14.9 Å². The maximum Gasteiger partial charge on any atom is 0.422 e. The minimum atomic E-state index is -4.45. The highest BCUT2D eigenvalue weighted by molar-refractivity contribution is 7.91. The second kappa shape index (κ2) is 5.90. The van der Waals surface area contributed by atoms with Gasteiger partial charge in [0.05, 0.1) is 11.8 Å². The standard InChI is InChI=1S/C10H13F2N3O4S/c1-5(2)19-10(16)15-20(17,18)14-9-7(12)3-6(11)4-8(9)13/h3-5,14H,13H2,1-2H3,(H,15,16). The monoisotopic (exact) mass is 309 g/mol. The summed E-state index contributed by atoms with van der Waals surface area (Å²) in [4.78, 5) is 11.1. The van der Waals surface area contributed by atoms with Crippen molar-refractivity contribution in [2.75, 3.05) is 10.5 Å². The fraction of sp³-hybridized carbons (Fsp3) is 0.300. The van der Waals surface area contributed by atoms with Gasteiger partial charge in [-0.05, 0) is 19.9 Å². The molecule has 112 valence electrons. The van der Waals surface area contributed by atoms with Gasteiger partial charge in [-0.1, -0.05) is 0 Å². The Labute approximate surface area is 114 Å². The van der Waals surface area contributed by atoms with Crippen LogP contribution in [0.1, 0.15) is 13.8 Å². The first-order valence-corrected chi connectivity index (χ1v) is 6.84. The first-order valence-electron chi connectivity index (χ1n) is 5.36. The molecule has 0 aliphatic rings. The number of anilines is 2. The molecule has 7 nitrogen and oxygen atoms in total. The van der Waals surface area contributed by atoms with Crippen LogP contribution in [0.4, 0.5) is 25.0 Å². The van der Waals surface area contributed by atoms with Crippen LogP contribution in [0.25, 0.3) is 0 Å². The Morgan fingerprint density at radius 3 is 2.45 bits per heavy atom. The lowest BCUT2D eigenvalue weighted by Gasteiger charge is -2.13. The van der Waals surface area contributed by atoms with Crippen LogP contribution in [0, 0.1) is 11.6 Å². The minimum absolute atomic E-state index is 0.445. The first-order chi connectivity index (χ1) is 9.10.